The quantitative estimate of drug-likeness (QED) is 0.846. The molecular weight excluding hydrogens is 358 g/mol. The number of halogens is 1. The molecule has 0 spiro atoms. The molecule has 0 saturated heterocycles. The highest BCUT2D eigenvalue weighted by Gasteiger charge is 2.42. The molecule has 1 saturated carbocycles. The zero-order chi connectivity index (χ0) is 15.6. The van der Waals surface area contributed by atoms with Gasteiger partial charge in [0.25, 0.3) is 5.91 Å². The number of hydrogen-bond donors (Lipinski definition) is 2. The van der Waals surface area contributed by atoms with Crippen molar-refractivity contribution < 1.29 is 19.4 Å². The van der Waals surface area contributed by atoms with Crippen molar-refractivity contribution in [1.29, 1.82) is 0 Å². The Bertz CT molecular complexity index is 559. The molecule has 1 aliphatic carbocycles. The molecule has 2 atom stereocenters. The summed E-state index contributed by atoms with van der Waals surface area (Å²) in [6, 6.07) is 1.66. The summed E-state index contributed by atoms with van der Waals surface area (Å²) < 4.78 is 5.89. The maximum Gasteiger partial charge on any atom is 0.308 e. The van der Waals surface area contributed by atoms with E-state index in [9.17, 15) is 14.7 Å². The number of amides is 1. The van der Waals surface area contributed by atoms with Gasteiger partial charge in [0, 0.05) is 6.07 Å². The van der Waals surface area contributed by atoms with Crippen molar-refractivity contribution in [3.05, 3.63) is 14.7 Å². The Labute approximate surface area is 135 Å². The van der Waals surface area contributed by atoms with Gasteiger partial charge in [0.15, 0.2) is 0 Å². The van der Waals surface area contributed by atoms with Gasteiger partial charge in [-0.15, -0.1) is 11.3 Å². The second kappa shape index (κ2) is 6.36. The van der Waals surface area contributed by atoms with Crippen LogP contribution in [0.5, 0.6) is 5.75 Å². The van der Waals surface area contributed by atoms with Crippen LogP contribution in [0.4, 0.5) is 0 Å². The Kier molecular flexibility index (Phi) is 4.93. The Balaban J connectivity index is 2.17. The van der Waals surface area contributed by atoms with Gasteiger partial charge >= 0.3 is 5.97 Å². The van der Waals surface area contributed by atoms with Crippen molar-refractivity contribution in [3.63, 3.8) is 0 Å². The fourth-order valence-corrected chi connectivity index (χ4v) is 4.35. The summed E-state index contributed by atoms with van der Waals surface area (Å²) in [6.45, 7) is 1.82. The Hall–Kier alpha value is -1.08. The standard InChI is InChI=1S/C14H18BrNO4S/c1-14(6-4-3-5-8(14)13(18)19)16-12(17)10-7-9(20-2)11(15)21-10/h7-8H,3-6H2,1-2H3,(H,16,17)(H,18,19). The second-order valence-corrected chi connectivity index (χ2v) is 7.83. The van der Waals surface area contributed by atoms with Gasteiger partial charge in [0.1, 0.15) is 9.54 Å². The van der Waals surface area contributed by atoms with Crippen LogP contribution in [-0.4, -0.2) is 29.6 Å². The maximum absolute atomic E-state index is 12.4. The van der Waals surface area contributed by atoms with E-state index >= 15 is 0 Å². The number of nitrogens with one attached hydrogen (secondary N) is 1. The zero-order valence-electron chi connectivity index (χ0n) is 11.9. The van der Waals surface area contributed by atoms with Crippen molar-refractivity contribution >= 4 is 39.1 Å². The molecule has 1 aromatic rings. The van der Waals surface area contributed by atoms with E-state index in [0.717, 1.165) is 16.6 Å². The van der Waals surface area contributed by atoms with Crippen molar-refractivity contribution in [2.75, 3.05) is 7.11 Å². The second-order valence-electron chi connectivity index (χ2n) is 5.46. The monoisotopic (exact) mass is 375 g/mol. The fraction of sp³-hybridized carbons (Fsp3) is 0.571. The number of carboxylic acid groups (broad SMARTS) is 1. The van der Waals surface area contributed by atoms with Gasteiger partial charge in [-0.25, -0.2) is 0 Å². The summed E-state index contributed by atoms with van der Waals surface area (Å²) in [5.74, 6) is -1.03. The lowest BCUT2D eigenvalue weighted by molar-refractivity contribution is -0.145. The van der Waals surface area contributed by atoms with E-state index in [1.807, 2.05) is 6.92 Å². The molecule has 0 bridgehead atoms. The molecular formula is C14H18BrNO4S. The maximum atomic E-state index is 12.4. The van der Waals surface area contributed by atoms with Crippen LogP contribution in [0.15, 0.2) is 9.85 Å². The van der Waals surface area contributed by atoms with Gasteiger partial charge in [-0.05, 0) is 35.7 Å². The number of thiophene rings is 1. The van der Waals surface area contributed by atoms with E-state index in [-0.39, 0.29) is 5.91 Å². The van der Waals surface area contributed by atoms with E-state index < -0.39 is 17.4 Å². The Morgan fingerprint density at radius 1 is 1.52 bits per heavy atom. The highest BCUT2D eigenvalue weighted by Crippen LogP contribution is 2.37. The highest BCUT2D eigenvalue weighted by atomic mass is 79.9. The third kappa shape index (κ3) is 3.40. The summed E-state index contributed by atoms with van der Waals surface area (Å²) in [5.41, 5.74) is -0.704. The first-order valence-corrected chi connectivity index (χ1v) is 8.37. The smallest absolute Gasteiger partial charge is 0.308 e. The van der Waals surface area contributed by atoms with E-state index in [4.69, 9.17) is 4.74 Å². The van der Waals surface area contributed by atoms with Crippen molar-refractivity contribution in [2.45, 2.75) is 38.1 Å². The number of methoxy groups -OCH3 is 1. The fourth-order valence-electron chi connectivity index (χ4n) is 2.80. The van der Waals surface area contributed by atoms with Crippen molar-refractivity contribution in [3.8, 4) is 5.75 Å². The Morgan fingerprint density at radius 2 is 2.24 bits per heavy atom. The van der Waals surface area contributed by atoms with Crippen LogP contribution in [0, 0.1) is 5.92 Å². The largest absolute Gasteiger partial charge is 0.495 e. The minimum absolute atomic E-state index is 0.250. The molecule has 0 aromatic carbocycles. The van der Waals surface area contributed by atoms with E-state index in [1.165, 1.54) is 18.4 Å². The van der Waals surface area contributed by atoms with E-state index in [0.29, 0.717) is 23.5 Å². The van der Waals surface area contributed by atoms with Gasteiger partial charge in [0.2, 0.25) is 0 Å². The van der Waals surface area contributed by atoms with Crippen molar-refractivity contribution in [2.24, 2.45) is 5.92 Å². The van der Waals surface area contributed by atoms with Crippen LogP contribution in [0.3, 0.4) is 0 Å². The van der Waals surface area contributed by atoms with Gasteiger partial charge in [-0.2, -0.15) is 0 Å². The van der Waals surface area contributed by atoms with Gasteiger partial charge in [-0.1, -0.05) is 12.8 Å². The predicted molar refractivity (Wildman–Crippen MR) is 84.0 cm³/mol. The molecule has 2 N–H and O–H groups in total. The molecule has 21 heavy (non-hydrogen) atoms. The lowest BCUT2D eigenvalue weighted by Crippen LogP contribution is -2.55. The number of carboxylic acids is 1. The van der Waals surface area contributed by atoms with Crippen LogP contribution < -0.4 is 10.1 Å². The molecule has 1 heterocycles. The summed E-state index contributed by atoms with van der Waals surface area (Å²) in [4.78, 5) is 24.3. The van der Waals surface area contributed by atoms with Crippen LogP contribution in [0.1, 0.15) is 42.3 Å². The topological polar surface area (TPSA) is 75.6 Å². The number of carbonyl (C=O) groups excluding carboxylic acids is 1. The van der Waals surface area contributed by atoms with Crippen molar-refractivity contribution in [1.82, 2.24) is 5.32 Å². The number of aliphatic carboxylic acids is 1. The van der Waals surface area contributed by atoms with Gasteiger partial charge < -0.3 is 15.2 Å². The number of hydrogen-bond acceptors (Lipinski definition) is 4. The van der Waals surface area contributed by atoms with Gasteiger partial charge in [-0.3, -0.25) is 9.59 Å². The molecule has 0 radical (unpaired) electrons. The third-order valence-corrected chi connectivity index (χ3v) is 5.78. The molecule has 0 aliphatic heterocycles. The first-order valence-electron chi connectivity index (χ1n) is 6.76. The average Bonchev–Trinajstić information content (AvgIpc) is 2.79. The minimum Gasteiger partial charge on any atom is -0.495 e. The zero-order valence-corrected chi connectivity index (χ0v) is 14.3. The van der Waals surface area contributed by atoms with E-state index in [2.05, 4.69) is 21.2 Å². The highest BCUT2D eigenvalue weighted by molar-refractivity contribution is 9.11. The molecule has 5 nitrogen and oxygen atoms in total. The first kappa shape index (κ1) is 16.3. The number of ether oxygens (including phenoxy) is 1. The summed E-state index contributed by atoms with van der Waals surface area (Å²) >= 11 is 4.61. The molecule has 1 fully saturated rings. The molecule has 2 unspecified atom stereocenters. The SMILES string of the molecule is COc1cc(C(=O)NC2(C)CCCCC2C(=O)O)sc1Br. The van der Waals surface area contributed by atoms with E-state index in [1.54, 1.807) is 6.07 Å². The van der Waals surface area contributed by atoms with Crippen LogP contribution in [0.2, 0.25) is 0 Å². The number of carbonyl (C=O) groups is 2. The molecule has 1 aromatic heterocycles. The third-order valence-electron chi connectivity index (χ3n) is 4.00. The summed E-state index contributed by atoms with van der Waals surface area (Å²) in [7, 11) is 1.54. The lowest BCUT2D eigenvalue weighted by atomic mass is 9.74. The number of rotatable bonds is 4. The average molecular weight is 376 g/mol. The normalized spacial score (nSPS) is 25.4. The molecule has 2 rings (SSSR count). The lowest BCUT2D eigenvalue weighted by Gasteiger charge is -2.39. The minimum atomic E-state index is -0.845. The van der Waals surface area contributed by atoms with Crippen LogP contribution in [0.25, 0.3) is 0 Å². The molecule has 116 valence electrons. The van der Waals surface area contributed by atoms with Crippen LogP contribution >= 0.6 is 27.3 Å². The molecule has 1 amide bonds. The molecule has 7 heteroatoms. The van der Waals surface area contributed by atoms with Gasteiger partial charge in [0.05, 0.1) is 23.4 Å². The summed E-state index contributed by atoms with van der Waals surface area (Å²) in [6.07, 6.45) is 3.10. The molecule has 1 aliphatic rings. The van der Waals surface area contributed by atoms with Crippen LogP contribution in [-0.2, 0) is 4.79 Å². The first-order chi connectivity index (χ1) is 9.87. The Morgan fingerprint density at radius 3 is 2.81 bits per heavy atom. The predicted octanol–water partition coefficient (Wildman–Crippen LogP) is 3.28. The summed E-state index contributed by atoms with van der Waals surface area (Å²) in [5, 5.41) is 12.3.